The minimum absolute atomic E-state index is 0.278. The van der Waals surface area contributed by atoms with Crippen molar-refractivity contribution >= 4 is 28.9 Å². The number of carbonyl (C=O) groups is 2. The van der Waals surface area contributed by atoms with Crippen LogP contribution < -0.4 is 15.4 Å². The van der Waals surface area contributed by atoms with Gasteiger partial charge < -0.3 is 20.1 Å². The fraction of sp³-hybridized carbons (Fsp3) is 0.136. The van der Waals surface area contributed by atoms with Crippen LogP contribution in [0.15, 0.2) is 66.9 Å². The van der Waals surface area contributed by atoms with Crippen LogP contribution in [0.5, 0.6) is 5.75 Å². The Morgan fingerprint density at radius 1 is 0.897 bits per heavy atom. The highest BCUT2D eigenvalue weighted by Gasteiger charge is 2.10. The zero-order valence-electron chi connectivity index (χ0n) is 16.1. The number of esters is 1. The molecule has 1 aromatic heterocycles. The summed E-state index contributed by atoms with van der Waals surface area (Å²) in [5.74, 6) is 0.0351. The van der Waals surface area contributed by atoms with Crippen LogP contribution in [0.3, 0.4) is 0 Å². The zero-order chi connectivity index (χ0) is 20.6. The maximum Gasteiger partial charge on any atom is 0.338 e. The van der Waals surface area contributed by atoms with Gasteiger partial charge in [0.1, 0.15) is 11.4 Å². The minimum atomic E-state index is -0.396. The van der Waals surface area contributed by atoms with E-state index in [4.69, 9.17) is 9.47 Å². The molecule has 0 saturated heterocycles. The molecule has 0 bridgehead atoms. The monoisotopic (exact) mass is 391 g/mol. The van der Waals surface area contributed by atoms with Crippen molar-refractivity contribution in [1.29, 1.82) is 0 Å². The molecule has 0 aliphatic carbocycles. The lowest BCUT2D eigenvalue weighted by Crippen LogP contribution is -2.14. The molecular weight excluding hydrogens is 370 g/mol. The molecule has 148 valence electrons. The van der Waals surface area contributed by atoms with Crippen LogP contribution in [-0.2, 0) is 4.74 Å². The molecule has 29 heavy (non-hydrogen) atoms. The molecule has 0 atom stereocenters. The van der Waals surface area contributed by atoms with E-state index in [0.29, 0.717) is 17.9 Å². The molecule has 2 N–H and O–H groups in total. The molecule has 0 spiro atoms. The van der Waals surface area contributed by atoms with Crippen LogP contribution in [-0.4, -0.2) is 30.6 Å². The number of aromatic nitrogens is 1. The lowest BCUT2D eigenvalue weighted by atomic mass is 10.2. The molecule has 7 nitrogen and oxygen atoms in total. The van der Waals surface area contributed by atoms with E-state index in [-0.39, 0.29) is 11.6 Å². The normalized spacial score (nSPS) is 10.1. The molecule has 1 amide bonds. The van der Waals surface area contributed by atoms with Gasteiger partial charge in [-0.25, -0.2) is 9.78 Å². The summed E-state index contributed by atoms with van der Waals surface area (Å²) in [5, 5.41) is 5.95. The Bertz CT molecular complexity index is 968. The van der Waals surface area contributed by atoms with Crippen LogP contribution in [0, 0.1) is 0 Å². The number of hydrogen-bond acceptors (Lipinski definition) is 6. The molecule has 3 rings (SSSR count). The fourth-order valence-corrected chi connectivity index (χ4v) is 2.54. The summed E-state index contributed by atoms with van der Waals surface area (Å²) >= 11 is 0. The Morgan fingerprint density at radius 3 is 2.14 bits per heavy atom. The highest BCUT2D eigenvalue weighted by molar-refractivity contribution is 6.03. The first-order chi connectivity index (χ1) is 14.1. The summed E-state index contributed by atoms with van der Waals surface area (Å²) in [6, 6.07) is 17.4. The Labute approximate surface area is 168 Å². The van der Waals surface area contributed by atoms with Crippen molar-refractivity contribution in [3.8, 4) is 5.75 Å². The van der Waals surface area contributed by atoms with E-state index in [0.717, 1.165) is 17.1 Å². The Balaban J connectivity index is 1.60. The molecule has 2 aromatic carbocycles. The van der Waals surface area contributed by atoms with Gasteiger partial charge in [0.25, 0.3) is 5.91 Å². The summed E-state index contributed by atoms with van der Waals surface area (Å²) in [6.07, 6.45) is 1.59. The van der Waals surface area contributed by atoms with Gasteiger partial charge in [0.15, 0.2) is 0 Å². The van der Waals surface area contributed by atoms with Crippen LogP contribution in [0.2, 0.25) is 0 Å². The fourth-order valence-electron chi connectivity index (χ4n) is 2.54. The van der Waals surface area contributed by atoms with Gasteiger partial charge in [0.05, 0.1) is 31.2 Å². The van der Waals surface area contributed by atoms with Gasteiger partial charge in [-0.1, -0.05) is 0 Å². The lowest BCUT2D eigenvalue weighted by Gasteiger charge is -2.09. The Morgan fingerprint density at radius 2 is 1.55 bits per heavy atom. The molecule has 0 fully saturated rings. The highest BCUT2D eigenvalue weighted by Crippen LogP contribution is 2.20. The second-order valence-corrected chi connectivity index (χ2v) is 6.04. The number of methoxy groups -OCH3 is 1. The van der Waals surface area contributed by atoms with Gasteiger partial charge in [0, 0.05) is 11.4 Å². The molecule has 0 unspecified atom stereocenters. The Kier molecular flexibility index (Phi) is 6.42. The average Bonchev–Trinajstić information content (AvgIpc) is 2.75. The van der Waals surface area contributed by atoms with E-state index in [9.17, 15) is 9.59 Å². The smallest absolute Gasteiger partial charge is 0.338 e. The van der Waals surface area contributed by atoms with Crippen molar-refractivity contribution in [2.45, 2.75) is 6.92 Å². The van der Waals surface area contributed by atoms with Gasteiger partial charge in [-0.05, 0) is 67.6 Å². The van der Waals surface area contributed by atoms with Gasteiger partial charge >= 0.3 is 5.97 Å². The molecule has 0 aliphatic heterocycles. The predicted molar refractivity (Wildman–Crippen MR) is 111 cm³/mol. The van der Waals surface area contributed by atoms with Crippen molar-refractivity contribution in [2.75, 3.05) is 24.4 Å². The molecule has 0 aliphatic rings. The van der Waals surface area contributed by atoms with Crippen LogP contribution in [0.4, 0.5) is 17.1 Å². The van der Waals surface area contributed by atoms with Crippen LogP contribution >= 0.6 is 0 Å². The summed E-state index contributed by atoms with van der Waals surface area (Å²) in [6.45, 7) is 2.06. The van der Waals surface area contributed by atoms with E-state index in [1.807, 2.05) is 24.3 Å². The van der Waals surface area contributed by atoms with Crippen LogP contribution in [0.1, 0.15) is 27.8 Å². The highest BCUT2D eigenvalue weighted by atomic mass is 16.5. The van der Waals surface area contributed by atoms with Crippen molar-refractivity contribution in [2.24, 2.45) is 0 Å². The molecule has 0 radical (unpaired) electrons. The third-order valence-corrected chi connectivity index (χ3v) is 4.03. The molecule has 3 aromatic rings. The van der Waals surface area contributed by atoms with E-state index in [2.05, 4.69) is 15.6 Å². The summed E-state index contributed by atoms with van der Waals surface area (Å²) < 4.78 is 10.1. The zero-order valence-corrected chi connectivity index (χ0v) is 16.1. The van der Waals surface area contributed by atoms with Crippen LogP contribution in [0.25, 0.3) is 0 Å². The molecular formula is C22H21N3O4. The van der Waals surface area contributed by atoms with Crippen molar-refractivity contribution in [1.82, 2.24) is 4.98 Å². The third-order valence-electron chi connectivity index (χ3n) is 4.03. The van der Waals surface area contributed by atoms with Crippen molar-refractivity contribution in [3.05, 3.63) is 78.1 Å². The topological polar surface area (TPSA) is 89.5 Å². The molecule has 7 heteroatoms. The third kappa shape index (κ3) is 5.32. The number of anilines is 3. The van der Waals surface area contributed by atoms with Gasteiger partial charge in [-0.15, -0.1) is 0 Å². The van der Waals surface area contributed by atoms with Gasteiger partial charge in [-0.3, -0.25) is 4.79 Å². The van der Waals surface area contributed by atoms with Crippen molar-refractivity contribution in [3.63, 3.8) is 0 Å². The number of nitrogens with zero attached hydrogens (tertiary/aromatic N) is 1. The van der Waals surface area contributed by atoms with E-state index < -0.39 is 5.97 Å². The van der Waals surface area contributed by atoms with E-state index in [1.165, 1.54) is 0 Å². The van der Waals surface area contributed by atoms with E-state index >= 15 is 0 Å². The van der Waals surface area contributed by atoms with E-state index in [1.54, 1.807) is 56.6 Å². The average molecular weight is 391 g/mol. The van der Waals surface area contributed by atoms with Crippen molar-refractivity contribution < 1.29 is 19.1 Å². The first kappa shape index (κ1) is 19.9. The largest absolute Gasteiger partial charge is 0.497 e. The molecule has 0 saturated carbocycles. The number of carbonyl (C=O) groups excluding carboxylic acids is 2. The number of nitrogens with one attached hydrogen (secondary N) is 2. The standard InChI is InChI=1S/C22H21N3O4/c1-3-29-22(27)15-4-6-17(7-5-15)25-21(26)20-13-10-18(14-23-20)24-16-8-11-19(28-2)12-9-16/h4-14,24H,3H2,1-2H3,(H,25,26). The number of benzene rings is 2. The number of rotatable bonds is 7. The maximum absolute atomic E-state index is 12.4. The summed E-state index contributed by atoms with van der Waals surface area (Å²) in [5.41, 5.74) is 2.90. The predicted octanol–water partition coefficient (Wildman–Crippen LogP) is 4.26. The maximum atomic E-state index is 12.4. The molecule has 1 heterocycles. The van der Waals surface area contributed by atoms with Gasteiger partial charge in [-0.2, -0.15) is 0 Å². The Hall–Kier alpha value is -3.87. The SMILES string of the molecule is CCOC(=O)c1ccc(NC(=O)c2ccc(Nc3ccc(OC)cc3)cn2)cc1. The van der Waals surface area contributed by atoms with Gasteiger partial charge in [0.2, 0.25) is 0 Å². The number of ether oxygens (including phenoxy) is 2. The second kappa shape index (κ2) is 9.36. The summed E-state index contributed by atoms with van der Waals surface area (Å²) in [4.78, 5) is 28.2. The second-order valence-electron chi connectivity index (χ2n) is 6.04. The lowest BCUT2D eigenvalue weighted by molar-refractivity contribution is 0.0526. The minimum Gasteiger partial charge on any atom is -0.497 e. The number of hydrogen-bond donors (Lipinski definition) is 2. The number of amides is 1. The summed E-state index contributed by atoms with van der Waals surface area (Å²) in [7, 11) is 1.62. The number of pyridine rings is 1. The first-order valence-electron chi connectivity index (χ1n) is 9.04. The first-order valence-corrected chi connectivity index (χ1v) is 9.04. The quantitative estimate of drug-likeness (QED) is 0.585.